The minimum Gasteiger partial charge on any atom is -0.458 e. The number of aliphatic hydroxyl groups excluding tert-OH is 2. The van der Waals surface area contributed by atoms with Crippen LogP contribution in [-0.4, -0.2) is 52.5 Å². The molecular weight excluding hydrogens is 432 g/mol. The molecule has 34 heavy (non-hydrogen) atoms. The van der Waals surface area contributed by atoms with Gasteiger partial charge in [0, 0.05) is 12.8 Å². The third-order valence-electron chi connectivity index (χ3n) is 11.9. The Balaban J connectivity index is 1.26. The summed E-state index contributed by atoms with van der Waals surface area (Å²) < 4.78 is 12.1. The number of esters is 1. The van der Waals surface area contributed by atoms with E-state index < -0.39 is 17.1 Å². The Labute approximate surface area is 202 Å². The fourth-order valence-corrected chi connectivity index (χ4v) is 10.1. The second-order valence-corrected chi connectivity index (χ2v) is 12.8. The maximum atomic E-state index is 13.4. The molecule has 2 aliphatic heterocycles. The van der Waals surface area contributed by atoms with Crippen molar-refractivity contribution in [2.45, 2.75) is 103 Å². The quantitative estimate of drug-likeness (QED) is 0.482. The van der Waals surface area contributed by atoms with Gasteiger partial charge in [-0.2, -0.15) is 0 Å². The minimum absolute atomic E-state index is 0.0146. The normalized spacial score (nSPS) is 52.8. The van der Waals surface area contributed by atoms with Gasteiger partial charge in [-0.25, -0.2) is 4.79 Å². The molecule has 1 spiro atoms. The topological polar surface area (TPSA) is 96.4 Å². The molecule has 6 aliphatic rings. The average Bonchev–Trinajstić information content (AvgIpc) is 3.43. The number of epoxide rings is 1. The molecule has 0 amide bonds. The highest BCUT2D eigenvalue weighted by Gasteiger charge is 2.80. The first-order chi connectivity index (χ1) is 16.1. The molecule has 5 fully saturated rings. The monoisotopic (exact) mass is 472 g/mol. The van der Waals surface area contributed by atoms with Crippen LogP contribution in [0.1, 0.15) is 79.1 Å². The van der Waals surface area contributed by atoms with Crippen LogP contribution in [0.25, 0.3) is 0 Å². The molecule has 2 heterocycles. The third-order valence-corrected chi connectivity index (χ3v) is 11.9. The van der Waals surface area contributed by atoms with E-state index in [1.807, 2.05) is 6.92 Å². The summed E-state index contributed by atoms with van der Waals surface area (Å²) in [5.41, 5.74) is 0.333. The van der Waals surface area contributed by atoms with Crippen molar-refractivity contribution in [3.8, 4) is 0 Å². The summed E-state index contributed by atoms with van der Waals surface area (Å²) in [5.74, 6) is 1.93. The average molecular weight is 473 g/mol. The van der Waals surface area contributed by atoms with Gasteiger partial charge in [-0.1, -0.05) is 19.4 Å². The largest absolute Gasteiger partial charge is 0.458 e. The Hall–Kier alpha value is -1.24. The predicted octanol–water partition coefficient (Wildman–Crippen LogP) is 3.58. The SMILES string of the molecule is CC1=C(CO)C(=O)O[C@@H]([C@@H](C)[C@H]2CC[C@H]3[C@@H]4C[C@@H]5O[C@@]56[C@@H](O)CCC(=O)[C@@]6(C)[C@H]4CC[C@]23C)C1. The van der Waals surface area contributed by atoms with Crippen molar-refractivity contribution in [3.05, 3.63) is 11.1 Å². The molecule has 188 valence electrons. The highest BCUT2D eigenvalue weighted by Crippen LogP contribution is 2.73. The molecule has 0 aromatic heterocycles. The van der Waals surface area contributed by atoms with E-state index in [1.165, 1.54) is 0 Å². The van der Waals surface area contributed by atoms with Crippen molar-refractivity contribution in [1.29, 1.82) is 0 Å². The number of ketones is 1. The zero-order valence-electron chi connectivity index (χ0n) is 21.0. The molecule has 6 rings (SSSR count). The summed E-state index contributed by atoms with van der Waals surface area (Å²) in [6, 6.07) is 0. The van der Waals surface area contributed by atoms with Gasteiger partial charge in [0.1, 0.15) is 17.5 Å². The van der Waals surface area contributed by atoms with Crippen molar-refractivity contribution < 1.29 is 29.3 Å². The summed E-state index contributed by atoms with van der Waals surface area (Å²) >= 11 is 0. The summed E-state index contributed by atoms with van der Waals surface area (Å²) in [5, 5.41) is 20.4. The van der Waals surface area contributed by atoms with Gasteiger partial charge in [0.15, 0.2) is 0 Å². The first-order valence-electron chi connectivity index (χ1n) is 13.5. The van der Waals surface area contributed by atoms with E-state index in [0.717, 1.165) is 37.7 Å². The van der Waals surface area contributed by atoms with Crippen LogP contribution in [0.3, 0.4) is 0 Å². The lowest BCUT2D eigenvalue weighted by atomic mass is 9.43. The van der Waals surface area contributed by atoms with Crippen LogP contribution in [-0.2, 0) is 19.1 Å². The zero-order valence-corrected chi connectivity index (χ0v) is 21.0. The Morgan fingerprint density at radius 2 is 1.88 bits per heavy atom. The first-order valence-corrected chi connectivity index (χ1v) is 13.5. The summed E-state index contributed by atoms with van der Waals surface area (Å²) in [7, 11) is 0. The van der Waals surface area contributed by atoms with Crippen LogP contribution >= 0.6 is 0 Å². The van der Waals surface area contributed by atoms with E-state index in [-0.39, 0.29) is 42.0 Å². The van der Waals surface area contributed by atoms with Gasteiger partial charge in [-0.05, 0) is 87.4 Å². The Morgan fingerprint density at radius 3 is 2.59 bits per heavy atom. The third kappa shape index (κ3) is 2.68. The van der Waals surface area contributed by atoms with Gasteiger partial charge in [0.25, 0.3) is 0 Å². The standard InChI is InChI=1S/C28H40O6/c1-14-11-21(33-25(32)17(14)13-29)15(2)18-5-6-19-16-12-24-28(34-24)23(31)8-7-22(30)27(28,4)20(16)9-10-26(18,19)3/h15-16,18-21,23-24,29,31H,5-13H2,1-4H3/t15-,16-,18+,19-,20-,21+,23-,24-,26+,27+,28-/m0/s1. The minimum atomic E-state index is -0.632. The zero-order chi connectivity index (χ0) is 24.2. The van der Waals surface area contributed by atoms with E-state index in [4.69, 9.17) is 9.47 Å². The molecule has 1 saturated heterocycles. The van der Waals surface area contributed by atoms with Crippen LogP contribution in [0.4, 0.5) is 0 Å². The van der Waals surface area contributed by atoms with Gasteiger partial charge in [-0.15, -0.1) is 0 Å². The molecule has 4 aliphatic carbocycles. The number of rotatable bonds is 3. The summed E-state index contributed by atoms with van der Waals surface area (Å²) in [6.45, 7) is 8.49. The molecule has 6 nitrogen and oxygen atoms in total. The molecule has 0 aromatic rings. The molecule has 6 heteroatoms. The fourth-order valence-electron chi connectivity index (χ4n) is 10.1. The van der Waals surface area contributed by atoms with Crippen LogP contribution in [0.2, 0.25) is 0 Å². The lowest BCUT2D eigenvalue weighted by Gasteiger charge is -2.59. The van der Waals surface area contributed by atoms with Crippen LogP contribution in [0.5, 0.6) is 0 Å². The van der Waals surface area contributed by atoms with E-state index in [0.29, 0.717) is 48.4 Å². The van der Waals surface area contributed by atoms with Crippen molar-refractivity contribution in [2.24, 2.45) is 40.4 Å². The number of aliphatic hydroxyl groups is 2. The van der Waals surface area contributed by atoms with Crippen LogP contribution in [0, 0.1) is 40.4 Å². The number of Topliss-reactive ketones (excluding diaryl/α,β-unsaturated/α-hetero) is 1. The number of carbonyl (C=O) groups excluding carboxylic acids is 2. The van der Waals surface area contributed by atoms with E-state index in [1.54, 1.807) is 0 Å². The van der Waals surface area contributed by atoms with E-state index >= 15 is 0 Å². The molecule has 0 radical (unpaired) electrons. The summed E-state index contributed by atoms with van der Waals surface area (Å²) in [6.07, 6.45) is 6.38. The van der Waals surface area contributed by atoms with Gasteiger partial charge in [0.05, 0.1) is 29.8 Å². The van der Waals surface area contributed by atoms with E-state index in [2.05, 4.69) is 20.8 Å². The molecule has 0 aromatic carbocycles. The smallest absolute Gasteiger partial charge is 0.336 e. The number of cyclic esters (lactones) is 1. The van der Waals surface area contributed by atoms with Crippen molar-refractivity contribution >= 4 is 11.8 Å². The highest BCUT2D eigenvalue weighted by atomic mass is 16.6. The maximum Gasteiger partial charge on any atom is 0.336 e. The lowest BCUT2D eigenvalue weighted by Crippen LogP contribution is -2.64. The number of fused-ring (bicyclic) bond motifs is 4. The molecule has 0 unspecified atom stereocenters. The van der Waals surface area contributed by atoms with Gasteiger partial charge in [-0.3, -0.25) is 4.79 Å². The lowest BCUT2D eigenvalue weighted by molar-refractivity contribution is -0.166. The Morgan fingerprint density at radius 1 is 1.12 bits per heavy atom. The number of hydrogen-bond donors (Lipinski definition) is 2. The number of hydrogen-bond acceptors (Lipinski definition) is 6. The molecule has 11 atom stereocenters. The van der Waals surface area contributed by atoms with Crippen molar-refractivity contribution in [1.82, 2.24) is 0 Å². The number of carbonyl (C=O) groups is 2. The molecule has 2 N–H and O–H groups in total. The van der Waals surface area contributed by atoms with Crippen molar-refractivity contribution in [3.63, 3.8) is 0 Å². The van der Waals surface area contributed by atoms with Crippen molar-refractivity contribution in [2.75, 3.05) is 6.61 Å². The van der Waals surface area contributed by atoms with Gasteiger partial charge < -0.3 is 19.7 Å². The second-order valence-electron chi connectivity index (χ2n) is 12.8. The highest BCUT2D eigenvalue weighted by molar-refractivity contribution is 5.90. The van der Waals surface area contributed by atoms with Crippen LogP contribution < -0.4 is 0 Å². The van der Waals surface area contributed by atoms with Gasteiger partial charge in [0.2, 0.25) is 0 Å². The Kier molecular flexibility index (Phi) is 5.04. The predicted molar refractivity (Wildman–Crippen MR) is 125 cm³/mol. The first kappa shape index (κ1) is 23.2. The molecule has 4 saturated carbocycles. The summed E-state index contributed by atoms with van der Waals surface area (Å²) in [4.78, 5) is 25.9. The van der Waals surface area contributed by atoms with E-state index in [9.17, 15) is 19.8 Å². The number of ether oxygens (including phenoxy) is 2. The maximum absolute atomic E-state index is 13.4. The molecule has 0 bridgehead atoms. The van der Waals surface area contributed by atoms with Crippen LogP contribution in [0.15, 0.2) is 11.1 Å². The second kappa shape index (κ2) is 7.39. The fraction of sp³-hybridized carbons (Fsp3) is 0.857. The van der Waals surface area contributed by atoms with Gasteiger partial charge >= 0.3 is 5.97 Å². The molecular formula is C28H40O6. The Bertz CT molecular complexity index is 957.